The van der Waals surface area contributed by atoms with Crippen LogP contribution in [0.1, 0.15) is 13.8 Å². The molecule has 0 bridgehead atoms. The van der Waals surface area contributed by atoms with Crippen molar-refractivity contribution in [1.82, 2.24) is 0 Å². The van der Waals surface area contributed by atoms with E-state index >= 15 is 0 Å². The zero-order valence-electron chi connectivity index (χ0n) is 7.38. The summed E-state index contributed by atoms with van der Waals surface area (Å²) < 4.78 is 0. The predicted octanol–water partition coefficient (Wildman–Crippen LogP) is 1.66. The molecule has 5 heteroatoms. The van der Waals surface area contributed by atoms with Gasteiger partial charge in [-0.1, -0.05) is 0 Å². The van der Waals surface area contributed by atoms with Crippen molar-refractivity contribution in [2.24, 2.45) is 0 Å². The largest absolute Gasteiger partial charge is 0.324 e. The molecule has 13 heavy (non-hydrogen) atoms. The van der Waals surface area contributed by atoms with Crippen molar-refractivity contribution in [2.75, 3.05) is 10.6 Å². The maximum Gasteiger partial charge on any atom is 0.221 e. The van der Waals surface area contributed by atoms with E-state index in [1.165, 1.54) is 25.2 Å². The van der Waals surface area contributed by atoms with E-state index in [-0.39, 0.29) is 11.8 Å². The Kier molecular flexibility index (Phi) is 3.02. The zero-order chi connectivity index (χ0) is 9.84. The summed E-state index contributed by atoms with van der Waals surface area (Å²) in [5.41, 5.74) is 1.29. The summed E-state index contributed by atoms with van der Waals surface area (Å²) in [5, 5.41) is 8.77. The molecular formula is C8H10N2O2S. The van der Waals surface area contributed by atoms with Crippen LogP contribution < -0.4 is 10.6 Å². The highest BCUT2D eigenvalue weighted by Gasteiger charge is 2.05. The summed E-state index contributed by atoms with van der Waals surface area (Å²) in [6, 6.07) is 0. The first-order valence-corrected chi connectivity index (χ1v) is 4.65. The second-order valence-corrected chi connectivity index (χ2v) is 3.31. The lowest BCUT2D eigenvalue weighted by molar-refractivity contribution is -0.115. The minimum Gasteiger partial charge on any atom is -0.324 e. The number of carbonyl (C=O) groups excluding carboxylic acids is 2. The smallest absolute Gasteiger partial charge is 0.221 e. The molecule has 0 saturated carbocycles. The van der Waals surface area contributed by atoms with Crippen LogP contribution in [0.15, 0.2) is 10.8 Å². The number of anilines is 2. The molecule has 0 aliphatic heterocycles. The lowest BCUT2D eigenvalue weighted by Crippen LogP contribution is -2.10. The standard InChI is InChI=1S/C8H10N2O2S/c1-5(11)9-7-3-13-4-8(7)10-6(2)12/h3-4H,1-2H3,(H,9,11)(H,10,12). The Hall–Kier alpha value is -1.36. The average Bonchev–Trinajstić information content (AvgIpc) is 2.34. The molecule has 0 aromatic carbocycles. The van der Waals surface area contributed by atoms with Crippen LogP contribution in [0.25, 0.3) is 0 Å². The molecule has 2 N–H and O–H groups in total. The average molecular weight is 198 g/mol. The molecule has 0 aliphatic carbocycles. The van der Waals surface area contributed by atoms with Gasteiger partial charge in [-0.05, 0) is 0 Å². The third kappa shape index (κ3) is 2.87. The van der Waals surface area contributed by atoms with Crippen molar-refractivity contribution >= 4 is 34.5 Å². The number of hydrogen-bond donors (Lipinski definition) is 2. The third-order valence-electron chi connectivity index (χ3n) is 1.28. The van der Waals surface area contributed by atoms with Crippen molar-refractivity contribution < 1.29 is 9.59 Å². The molecule has 0 atom stereocenters. The summed E-state index contributed by atoms with van der Waals surface area (Å²) in [5.74, 6) is -0.296. The van der Waals surface area contributed by atoms with Crippen molar-refractivity contribution in [2.45, 2.75) is 13.8 Å². The molecule has 0 aliphatic rings. The SMILES string of the molecule is CC(=O)Nc1cscc1NC(C)=O. The van der Waals surface area contributed by atoms with Crippen LogP contribution in [0, 0.1) is 0 Å². The Bertz CT molecular complexity index is 302. The monoisotopic (exact) mass is 198 g/mol. The molecule has 0 radical (unpaired) electrons. The molecule has 2 amide bonds. The highest BCUT2D eigenvalue weighted by molar-refractivity contribution is 7.09. The van der Waals surface area contributed by atoms with Crippen molar-refractivity contribution in [3.05, 3.63) is 10.8 Å². The van der Waals surface area contributed by atoms with Crippen LogP contribution in [-0.2, 0) is 9.59 Å². The Labute approximate surface area is 80.0 Å². The molecule has 1 rings (SSSR count). The topological polar surface area (TPSA) is 58.2 Å². The normalized spacial score (nSPS) is 9.38. The molecule has 1 heterocycles. The maximum absolute atomic E-state index is 10.7. The predicted molar refractivity (Wildman–Crippen MR) is 52.9 cm³/mol. The summed E-state index contributed by atoms with van der Waals surface area (Å²) >= 11 is 1.42. The lowest BCUT2D eigenvalue weighted by atomic mass is 10.4. The number of amides is 2. The molecular weight excluding hydrogens is 188 g/mol. The maximum atomic E-state index is 10.7. The quantitative estimate of drug-likeness (QED) is 0.759. The number of hydrogen-bond acceptors (Lipinski definition) is 3. The van der Waals surface area contributed by atoms with Crippen LogP contribution in [0.2, 0.25) is 0 Å². The van der Waals surface area contributed by atoms with Crippen molar-refractivity contribution in [3.8, 4) is 0 Å². The summed E-state index contributed by atoms with van der Waals surface area (Å²) in [6.45, 7) is 2.85. The minimum atomic E-state index is -0.148. The molecule has 70 valence electrons. The number of rotatable bonds is 2. The van der Waals surface area contributed by atoms with Crippen LogP contribution in [0.5, 0.6) is 0 Å². The first-order valence-electron chi connectivity index (χ1n) is 3.71. The van der Waals surface area contributed by atoms with E-state index in [2.05, 4.69) is 10.6 Å². The van der Waals surface area contributed by atoms with Gasteiger partial charge in [-0.3, -0.25) is 9.59 Å². The van der Waals surface area contributed by atoms with E-state index in [9.17, 15) is 9.59 Å². The van der Waals surface area contributed by atoms with Gasteiger partial charge in [0.05, 0.1) is 11.4 Å². The van der Waals surface area contributed by atoms with Gasteiger partial charge >= 0.3 is 0 Å². The van der Waals surface area contributed by atoms with Gasteiger partial charge in [-0.15, -0.1) is 11.3 Å². The second-order valence-electron chi connectivity index (χ2n) is 2.56. The van der Waals surface area contributed by atoms with Gasteiger partial charge in [0.25, 0.3) is 0 Å². The molecule has 0 saturated heterocycles. The summed E-state index contributed by atoms with van der Waals surface area (Å²) in [7, 11) is 0. The molecule has 4 nitrogen and oxygen atoms in total. The van der Waals surface area contributed by atoms with Gasteiger partial charge < -0.3 is 10.6 Å². The highest BCUT2D eigenvalue weighted by Crippen LogP contribution is 2.26. The molecule has 0 fully saturated rings. The van der Waals surface area contributed by atoms with Crippen LogP contribution >= 0.6 is 11.3 Å². The second kappa shape index (κ2) is 4.04. The first-order chi connectivity index (χ1) is 6.09. The van der Waals surface area contributed by atoms with E-state index in [1.807, 2.05) is 0 Å². The van der Waals surface area contributed by atoms with Gasteiger partial charge in [0.2, 0.25) is 11.8 Å². The van der Waals surface area contributed by atoms with Crippen LogP contribution in [0.3, 0.4) is 0 Å². The van der Waals surface area contributed by atoms with Gasteiger partial charge in [-0.2, -0.15) is 0 Å². The minimum absolute atomic E-state index is 0.148. The first kappa shape index (κ1) is 9.73. The van der Waals surface area contributed by atoms with E-state index in [1.54, 1.807) is 10.8 Å². The fraction of sp³-hybridized carbons (Fsp3) is 0.250. The molecule has 0 spiro atoms. The van der Waals surface area contributed by atoms with E-state index in [0.29, 0.717) is 11.4 Å². The third-order valence-corrected chi connectivity index (χ3v) is 2.03. The van der Waals surface area contributed by atoms with Crippen molar-refractivity contribution in [3.63, 3.8) is 0 Å². The van der Waals surface area contributed by atoms with Crippen LogP contribution in [0.4, 0.5) is 11.4 Å². The van der Waals surface area contributed by atoms with Crippen LogP contribution in [-0.4, -0.2) is 11.8 Å². The summed E-state index contributed by atoms with van der Waals surface area (Å²) in [6.07, 6.45) is 0. The Morgan fingerprint density at radius 2 is 1.46 bits per heavy atom. The Balaban J connectivity index is 2.76. The fourth-order valence-corrected chi connectivity index (χ4v) is 1.58. The van der Waals surface area contributed by atoms with Gasteiger partial charge in [-0.25, -0.2) is 0 Å². The van der Waals surface area contributed by atoms with E-state index in [0.717, 1.165) is 0 Å². The Morgan fingerprint density at radius 3 is 1.77 bits per heavy atom. The highest BCUT2D eigenvalue weighted by atomic mass is 32.1. The van der Waals surface area contributed by atoms with Gasteiger partial charge in [0.1, 0.15) is 0 Å². The summed E-state index contributed by atoms with van der Waals surface area (Å²) in [4.78, 5) is 21.5. The van der Waals surface area contributed by atoms with E-state index in [4.69, 9.17) is 0 Å². The number of thiophene rings is 1. The van der Waals surface area contributed by atoms with Crippen molar-refractivity contribution in [1.29, 1.82) is 0 Å². The van der Waals surface area contributed by atoms with Gasteiger partial charge in [0, 0.05) is 24.6 Å². The Morgan fingerprint density at radius 1 is 1.08 bits per heavy atom. The molecule has 1 aromatic rings. The molecule has 0 unspecified atom stereocenters. The van der Waals surface area contributed by atoms with E-state index < -0.39 is 0 Å². The van der Waals surface area contributed by atoms with Gasteiger partial charge in [0.15, 0.2) is 0 Å². The number of nitrogens with one attached hydrogen (secondary N) is 2. The lowest BCUT2D eigenvalue weighted by Gasteiger charge is -2.03. The number of carbonyl (C=O) groups is 2. The fourth-order valence-electron chi connectivity index (χ4n) is 0.870. The zero-order valence-corrected chi connectivity index (χ0v) is 8.20. The molecule has 1 aromatic heterocycles.